The molecule has 258 valence electrons. The van der Waals surface area contributed by atoms with Gasteiger partial charge in [0.25, 0.3) is 0 Å². The van der Waals surface area contributed by atoms with Crippen molar-refractivity contribution in [1.29, 1.82) is 0 Å². The molecule has 4 nitrogen and oxygen atoms in total. The van der Waals surface area contributed by atoms with E-state index in [1.807, 2.05) is 18.2 Å². The van der Waals surface area contributed by atoms with E-state index in [1.54, 1.807) is 0 Å². The largest absolute Gasteiger partial charge is 0.456 e. The first-order valence-electron chi connectivity index (χ1n) is 18.7. The van der Waals surface area contributed by atoms with Crippen molar-refractivity contribution in [1.82, 2.24) is 5.32 Å². The van der Waals surface area contributed by atoms with Crippen molar-refractivity contribution in [2.45, 2.75) is 6.17 Å². The van der Waals surface area contributed by atoms with Gasteiger partial charge in [-0.15, -0.1) is 0 Å². The van der Waals surface area contributed by atoms with Gasteiger partial charge in [-0.2, -0.15) is 0 Å². The summed E-state index contributed by atoms with van der Waals surface area (Å²) in [7, 11) is 0. The van der Waals surface area contributed by atoms with Crippen molar-refractivity contribution in [2.24, 2.45) is 9.98 Å². The van der Waals surface area contributed by atoms with Crippen LogP contribution < -0.4 is 5.32 Å². The number of amidine groups is 2. The standard InChI is InChI=1S/C51H33N3O/c1-2-9-32(10-3-1)34-17-19-35(20-18-34)39-27-28-46-45(30-39)48-43(15-8-16-47(48)55-46)51-53-49(40-25-21-33-11-4-5-13-38(33)29-40)52-50(54-51)41-26-24-37-23-22-36-12-6-7-14-42(36)44(37)31-41/h1-31,50H,(H,52,53,54). The lowest BCUT2D eigenvalue weighted by atomic mass is 9.97. The predicted molar refractivity (Wildman–Crippen MR) is 229 cm³/mol. The number of aliphatic imine (C=N–C) groups is 2. The summed E-state index contributed by atoms with van der Waals surface area (Å²) in [6.45, 7) is 0. The Morgan fingerprint density at radius 3 is 1.93 bits per heavy atom. The second-order valence-electron chi connectivity index (χ2n) is 14.2. The van der Waals surface area contributed by atoms with E-state index in [0.717, 1.165) is 61.0 Å². The maximum Gasteiger partial charge on any atom is 0.159 e. The van der Waals surface area contributed by atoms with Crippen molar-refractivity contribution in [3.63, 3.8) is 0 Å². The number of hydrogen-bond donors (Lipinski definition) is 1. The van der Waals surface area contributed by atoms with E-state index < -0.39 is 0 Å². The minimum absolute atomic E-state index is 0.371. The SMILES string of the molecule is c1ccc(-c2ccc(-c3ccc4oc5cccc(C6=NC(c7ccc8ccccc8c7)=NC(c7ccc8ccc9ccccc9c8c7)N6)c5c4c3)cc2)cc1. The van der Waals surface area contributed by atoms with Gasteiger partial charge in [0.15, 0.2) is 5.84 Å². The normalized spacial score (nSPS) is 14.4. The maximum absolute atomic E-state index is 6.50. The molecule has 0 spiro atoms. The molecule has 0 fully saturated rings. The third kappa shape index (κ3) is 5.46. The number of nitrogens with zero attached hydrogens (tertiary/aromatic N) is 2. The molecule has 55 heavy (non-hydrogen) atoms. The van der Waals surface area contributed by atoms with E-state index in [0.29, 0.717) is 5.84 Å². The average molecular weight is 704 g/mol. The van der Waals surface area contributed by atoms with Crippen molar-refractivity contribution in [3.05, 3.63) is 205 Å². The maximum atomic E-state index is 6.50. The molecule has 1 aliphatic heterocycles. The van der Waals surface area contributed by atoms with Crippen molar-refractivity contribution in [3.8, 4) is 22.3 Å². The van der Waals surface area contributed by atoms with Gasteiger partial charge in [-0.05, 0) is 90.5 Å². The van der Waals surface area contributed by atoms with Gasteiger partial charge in [-0.3, -0.25) is 0 Å². The minimum atomic E-state index is -0.371. The summed E-state index contributed by atoms with van der Waals surface area (Å²) in [5, 5.41) is 13.0. The fraction of sp³-hybridized carbons (Fsp3) is 0.0196. The van der Waals surface area contributed by atoms with E-state index in [2.05, 4.69) is 175 Å². The fourth-order valence-corrected chi connectivity index (χ4v) is 8.09. The third-order valence-electron chi connectivity index (χ3n) is 10.9. The smallest absolute Gasteiger partial charge is 0.159 e. The number of hydrogen-bond acceptors (Lipinski definition) is 4. The molecule has 4 heteroatoms. The predicted octanol–water partition coefficient (Wildman–Crippen LogP) is 12.9. The topological polar surface area (TPSA) is 49.9 Å². The Hall–Kier alpha value is -7.30. The summed E-state index contributed by atoms with van der Waals surface area (Å²) >= 11 is 0. The summed E-state index contributed by atoms with van der Waals surface area (Å²) in [4.78, 5) is 10.6. The second-order valence-corrected chi connectivity index (χ2v) is 14.2. The molecular weight excluding hydrogens is 671 g/mol. The van der Waals surface area contributed by atoms with Gasteiger partial charge in [0.05, 0.1) is 0 Å². The van der Waals surface area contributed by atoms with Crippen LogP contribution in [0.5, 0.6) is 0 Å². The zero-order valence-electron chi connectivity index (χ0n) is 29.8. The Morgan fingerprint density at radius 2 is 1.07 bits per heavy atom. The first kappa shape index (κ1) is 31.2. The third-order valence-corrected chi connectivity index (χ3v) is 10.9. The number of nitrogens with one attached hydrogen (secondary N) is 1. The first-order chi connectivity index (χ1) is 27.2. The first-order valence-corrected chi connectivity index (χ1v) is 18.7. The van der Waals surface area contributed by atoms with E-state index in [4.69, 9.17) is 14.4 Å². The Morgan fingerprint density at radius 1 is 0.418 bits per heavy atom. The van der Waals surface area contributed by atoms with Crippen molar-refractivity contribution in [2.75, 3.05) is 0 Å². The number of benzene rings is 9. The van der Waals surface area contributed by atoms with Gasteiger partial charge in [-0.1, -0.05) is 158 Å². The molecule has 0 saturated carbocycles. The summed E-state index contributed by atoms with van der Waals surface area (Å²) in [5.74, 6) is 1.44. The van der Waals surface area contributed by atoms with Gasteiger partial charge >= 0.3 is 0 Å². The lowest BCUT2D eigenvalue weighted by molar-refractivity contribution is 0.668. The quantitative estimate of drug-likeness (QED) is 0.181. The summed E-state index contributed by atoms with van der Waals surface area (Å²) in [6, 6.07) is 66.5. The van der Waals surface area contributed by atoms with Crippen LogP contribution in [0, 0.1) is 0 Å². The fourth-order valence-electron chi connectivity index (χ4n) is 8.09. The molecule has 1 unspecified atom stereocenters. The molecule has 0 radical (unpaired) electrons. The zero-order chi connectivity index (χ0) is 36.3. The Bertz CT molecular complexity index is 3170. The number of rotatable bonds is 5. The van der Waals surface area contributed by atoms with E-state index in [1.165, 1.54) is 38.1 Å². The van der Waals surface area contributed by atoms with E-state index in [-0.39, 0.29) is 6.17 Å². The van der Waals surface area contributed by atoms with Crippen molar-refractivity contribution < 1.29 is 4.42 Å². The second kappa shape index (κ2) is 12.7. The van der Waals surface area contributed by atoms with Crippen molar-refractivity contribution >= 4 is 65.9 Å². The molecule has 1 aromatic heterocycles. The van der Waals surface area contributed by atoms with Crippen LogP contribution in [0.4, 0.5) is 0 Å². The van der Waals surface area contributed by atoms with E-state index >= 15 is 0 Å². The molecular formula is C51H33N3O. The summed E-state index contributed by atoms with van der Waals surface area (Å²) in [6.07, 6.45) is -0.371. The van der Waals surface area contributed by atoms with Gasteiger partial charge in [0.1, 0.15) is 23.2 Å². The van der Waals surface area contributed by atoms with Gasteiger partial charge in [0, 0.05) is 21.9 Å². The molecule has 1 N–H and O–H groups in total. The summed E-state index contributed by atoms with van der Waals surface area (Å²) < 4.78 is 6.50. The van der Waals surface area contributed by atoms with Crippen LogP contribution in [0.1, 0.15) is 22.9 Å². The minimum Gasteiger partial charge on any atom is -0.456 e. The molecule has 0 bridgehead atoms. The van der Waals surface area contributed by atoms with Crippen LogP contribution in [-0.4, -0.2) is 11.7 Å². The van der Waals surface area contributed by atoms with Crippen LogP contribution in [0.25, 0.3) is 76.5 Å². The number of furan rings is 1. The lowest BCUT2D eigenvalue weighted by Crippen LogP contribution is -2.33. The molecule has 9 aromatic carbocycles. The summed E-state index contributed by atoms with van der Waals surface area (Å²) in [5.41, 5.74) is 9.34. The highest BCUT2D eigenvalue weighted by molar-refractivity contribution is 6.22. The van der Waals surface area contributed by atoms with Crippen LogP contribution in [0.15, 0.2) is 202 Å². The van der Waals surface area contributed by atoms with Crippen LogP contribution in [-0.2, 0) is 0 Å². The molecule has 2 heterocycles. The van der Waals surface area contributed by atoms with Crippen LogP contribution >= 0.6 is 0 Å². The van der Waals surface area contributed by atoms with E-state index in [9.17, 15) is 0 Å². The molecule has 0 amide bonds. The number of fused-ring (bicyclic) bond motifs is 7. The highest BCUT2D eigenvalue weighted by atomic mass is 16.3. The highest BCUT2D eigenvalue weighted by Crippen LogP contribution is 2.37. The molecule has 1 atom stereocenters. The highest BCUT2D eigenvalue weighted by Gasteiger charge is 2.24. The van der Waals surface area contributed by atoms with Gasteiger partial charge < -0.3 is 9.73 Å². The van der Waals surface area contributed by atoms with Crippen LogP contribution in [0.3, 0.4) is 0 Å². The molecule has 1 aliphatic rings. The average Bonchev–Trinajstić information content (AvgIpc) is 3.64. The monoisotopic (exact) mass is 703 g/mol. The van der Waals surface area contributed by atoms with Crippen LogP contribution in [0.2, 0.25) is 0 Å². The van der Waals surface area contributed by atoms with Gasteiger partial charge in [-0.25, -0.2) is 9.98 Å². The molecule has 10 aromatic rings. The molecule has 0 aliphatic carbocycles. The zero-order valence-corrected chi connectivity index (χ0v) is 29.8. The molecule has 0 saturated heterocycles. The lowest BCUT2D eigenvalue weighted by Gasteiger charge is -2.24. The van der Waals surface area contributed by atoms with Gasteiger partial charge in [0.2, 0.25) is 0 Å². The Labute approximate surface area is 317 Å². The Balaban J connectivity index is 1.06. The Kier molecular flexibility index (Phi) is 7.20. The molecule has 11 rings (SSSR count).